The van der Waals surface area contributed by atoms with E-state index in [-0.39, 0.29) is 35.7 Å². The molecule has 0 aromatic carbocycles. The maximum Gasteiger partial charge on any atom is 0.231 e. The van der Waals surface area contributed by atoms with Crippen molar-refractivity contribution in [1.29, 1.82) is 0 Å². The van der Waals surface area contributed by atoms with Gasteiger partial charge in [-0.05, 0) is 51.4 Å². The van der Waals surface area contributed by atoms with Crippen LogP contribution in [0.15, 0.2) is 12.4 Å². The van der Waals surface area contributed by atoms with Crippen molar-refractivity contribution in [2.75, 3.05) is 9.80 Å². The largest absolute Gasteiger partial charge is 0.290 e. The van der Waals surface area contributed by atoms with E-state index in [1.165, 1.54) is 25.7 Å². The number of rotatable bonds is 6. The van der Waals surface area contributed by atoms with Gasteiger partial charge in [-0.1, -0.05) is 77.0 Å². The maximum atomic E-state index is 14.2. The molecule has 6 nitrogen and oxygen atoms in total. The molecule has 0 bridgehead atoms. The molecule has 0 saturated heterocycles. The summed E-state index contributed by atoms with van der Waals surface area (Å²) in [7, 11) is 0. The van der Waals surface area contributed by atoms with Crippen molar-refractivity contribution in [2.45, 2.75) is 141 Å². The molecule has 0 aliphatic heterocycles. The van der Waals surface area contributed by atoms with Crippen LogP contribution in [0.2, 0.25) is 0 Å². The van der Waals surface area contributed by atoms with Crippen LogP contribution in [0.1, 0.15) is 128 Å². The smallest absolute Gasteiger partial charge is 0.231 e. The molecule has 0 N–H and O–H groups in total. The Balaban J connectivity index is 1.53. The van der Waals surface area contributed by atoms with Gasteiger partial charge in [-0.25, -0.2) is 9.97 Å². The second-order valence-electron chi connectivity index (χ2n) is 11.9. The lowest BCUT2D eigenvalue weighted by Gasteiger charge is -2.41. The normalized spacial score (nSPS) is 23.3. The zero-order valence-electron chi connectivity index (χ0n) is 22.2. The Labute approximate surface area is 217 Å². The van der Waals surface area contributed by atoms with Gasteiger partial charge in [0, 0.05) is 36.3 Å². The third-order valence-electron chi connectivity index (χ3n) is 9.38. The van der Waals surface area contributed by atoms with Gasteiger partial charge in [0.25, 0.3) is 0 Å². The molecule has 1 aromatic rings. The highest BCUT2D eigenvalue weighted by Gasteiger charge is 2.39. The molecule has 4 aliphatic carbocycles. The summed E-state index contributed by atoms with van der Waals surface area (Å²) in [5.41, 5.74) is 0. The van der Waals surface area contributed by atoms with Gasteiger partial charge in [-0.15, -0.1) is 0 Å². The second-order valence-corrected chi connectivity index (χ2v) is 11.9. The number of anilines is 2. The summed E-state index contributed by atoms with van der Waals surface area (Å²) in [5.74, 6) is 1.94. The van der Waals surface area contributed by atoms with Gasteiger partial charge in [0.1, 0.15) is 0 Å². The third-order valence-corrected chi connectivity index (χ3v) is 9.38. The highest BCUT2D eigenvalue weighted by Crippen LogP contribution is 2.39. The van der Waals surface area contributed by atoms with E-state index in [0.717, 1.165) is 103 Å². The summed E-state index contributed by atoms with van der Waals surface area (Å²) in [5, 5.41) is 0. The number of nitrogens with zero attached hydrogens (tertiary/aromatic N) is 4. The molecular weight excluding hydrogens is 448 g/mol. The van der Waals surface area contributed by atoms with Gasteiger partial charge in [0.15, 0.2) is 11.6 Å². The minimum atomic E-state index is 0.0766. The second kappa shape index (κ2) is 12.5. The van der Waals surface area contributed by atoms with Crippen molar-refractivity contribution < 1.29 is 9.59 Å². The van der Waals surface area contributed by atoms with Crippen molar-refractivity contribution >= 4 is 23.5 Å². The lowest BCUT2D eigenvalue weighted by atomic mass is 9.86. The molecule has 0 radical (unpaired) electrons. The zero-order chi connectivity index (χ0) is 24.7. The first kappa shape index (κ1) is 25.7. The Kier molecular flexibility index (Phi) is 8.92. The highest BCUT2D eigenvalue weighted by atomic mass is 16.2. The molecule has 6 heteroatoms. The van der Waals surface area contributed by atoms with Crippen molar-refractivity contribution in [2.24, 2.45) is 11.8 Å². The van der Waals surface area contributed by atoms with Gasteiger partial charge in [-0.2, -0.15) is 0 Å². The molecule has 2 amide bonds. The zero-order valence-corrected chi connectivity index (χ0v) is 22.2. The number of amides is 2. The van der Waals surface area contributed by atoms with Crippen molar-refractivity contribution in [3.8, 4) is 0 Å². The van der Waals surface area contributed by atoms with E-state index in [0.29, 0.717) is 11.6 Å². The lowest BCUT2D eigenvalue weighted by molar-refractivity contribution is -0.125. The van der Waals surface area contributed by atoms with Crippen LogP contribution in [0.25, 0.3) is 0 Å². The SMILES string of the molecule is O=C(C1CCCCC1)N(c1nccnc1N(C(=O)C1CCCCC1)C1CCCCC1)C1CCCCC1. The number of aromatic nitrogens is 2. The van der Waals surface area contributed by atoms with Gasteiger partial charge >= 0.3 is 0 Å². The Hall–Kier alpha value is -1.98. The molecule has 0 unspecified atom stereocenters. The van der Waals surface area contributed by atoms with Crippen LogP contribution in [-0.2, 0) is 9.59 Å². The molecule has 5 rings (SSSR count). The Morgan fingerprint density at radius 1 is 0.500 bits per heavy atom. The van der Waals surface area contributed by atoms with Crippen molar-refractivity contribution in [3.05, 3.63) is 12.4 Å². The molecule has 4 fully saturated rings. The fraction of sp³-hybridized carbons (Fsp3) is 0.800. The predicted molar refractivity (Wildman–Crippen MR) is 144 cm³/mol. The first-order valence-corrected chi connectivity index (χ1v) is 15.2. The molecule has 198 valence electrons. The van der Waals surface area contributed by atoms with E-state index in [9.17, 15) is 9.59 Å². The van der Waals surface area contributed by atoms with Gasteiger partial charge < -0.3 is 0 Å². The monoisotopic (exact) mass is 494 g/mol. The average Bonchev–Trinajstić information content (AvgIpc) is 2.96. The van der Waals surface area contributed by atoms with Gasteiger partial charge in [-0.3, -0.25) is 19.4 Å². The van der Waals surface area contributed by atoms with Crippen LogP contribution in [0, 0.1) is 11.8 Å². The van der Waals surface area contributed by atoms with E-state index < -0.39 is 0 Å². The topological polar surface area (TPSA) is 66.4 Å². The van der Waals surface area contributed by atoms with E-state index in [4.69, 9.17) is 9.97 Å². The minimum absolute atomic E-state index is 0.0766. The molecule has 0 atom stereocenters. The standard InChI is InChI=1S/C30H46N4O2/c35-29(23-13-5-1-6-14-23)33(25-17-9-3-10-18-25)27-28(32-22-21-31-27)34(26-19-11-4-12-20-26)30(36)24-15-7-2-8-16-24/h21-26H,1-20H2. The Bertz CT molecular complexity index is 794. The lowest BCUT2D eigenvalue weighted by Crippen LogP contribution is -2.49. The van der Waals surface area contributed by atoms with E-state index in [1.807, 2.05) is 9.80 Å². The summed E-state index contributed by atoms with van der Waals surface area (Å²) in [6.45, 7) is 0. The Morgan fingerprint density at radius 2 is 0.806 bits per heavy atom. The fourth-order valence-corrected chi connectivity index (χ4v) is 7.35. The fourth-order valence-electron chi connectivity index (χ4n) is 7.35. The number of hydrogen-bond donors (Lipinski definition) is 0. The molecule has 1 heterocycles. The van der Waals surface area contributed by atoms with E-state index >= 15 is 0 Å². The molecule has 4 saturated carbocycles. The van der Waals surface area contributed by atoms with Crippen molar-refractivity contribution in [3.63, 3.8) is 0 Å². The van der Waals surface area contributed by atoms with E-state index in [2.05, 4.69) is 0 Å². The van der Waals surface area contributed by atoms with Crippen LogP contribution in [0.5, 0.6) is 0 Å². The van der Waals surface area contributed by atoms with Crippen LogP contribution in [0.3, 0.4) is 0 Å². The summed E-state index contributed by atoms with van der Waals surface area (Å²) in [4.78, 5) is 42.2. The highest BCUT2D eigenvalue weighted by molar-refractivity contribution is 6.02. The molecule has 4 aliphatic rings. The molecule has 1 aromatic heterocycles. The van der Waals surface area contributed by atoms with Gasteiger partial charge in [0.05, 0.1) is 0 Å². The quantitative estimate of drug-likeness (QED) is 0.428. The summed E-state index contributed by atoms with van der Waals surface area (Å²) >= 11 is 0. The number of carbonyl (C=O) groups is 2. The first-order valence-electron chi connectivity index (χ1n) is 15.2. The van der Waals surface area contributed by atoms with Crippen LogP contribution in [-0.4, -0.2) is 33.9 Å². The third kappa shape index (κ3) is 5.78. The van der Waals surface area contributed by atoms with Gasteiger partial charge in [0.2, 0.25) is 11.8 Å². The number of carbonyl (C=O) groups excluding carboxylic acids is 2. The van der Waals surface area contributed by atoms with Crippen LogP contribution < -0.4 is 9.80 Å². The van der Waals surface area contributed by atoms with Crippen molar-refractivity contribution in [1.82, 2.24) is 9.97 Å². The molecule has 0 spiro atoms. The van der Waals surface area contributed by atoms with Crippen LogP contribution in [0.4, 0.5) is 11.6 Å². The number of hydrogen-bond acceptors (Lipinski definition) is 4. The maximum absolute atomic E-state index is 14.2. The minimum Gasteiger partial charge on any atom is -0.290 e. The predicted octanol–water partition coefficient (Wildman–Crippen LogP) is 6.97. The Morgan fingerprint density at radius 3 is 1.14 bits per heavy atom. The molecular formula is C30H46N4O2. The average molecular weight is 495 g/mol. The summed E-state index contributed by atoms with van der Waals surface area (Å²) in [6, 6.07) is 0.336. The van der Waals surface area contributed by atoms with Crippen LogP contribution >= 0.6 is 0 Å². The summed E-state index contributed by atoms with van der Waals surface area (Å²) in [6.07, 6.45) is 25.6. The summed E-state index contributed by atoms with van der Waals surface area (Å²) < 4.78 is 0. The van der Waals surface area contributed by atoms with E-state index in [1.54, 1.807) is 12.4 Å². The molecule has 36 heavy (non-hydrogen) atoms. The first-order chi connectivity index (χ1) is 17.7.